The summed E-state index contributed by atoms with van der Waals surface area (Å²) in [6.45, 7) is 8.89. The van der Waals surface area contributed by atoms with Crippen molar-refractivity contribution in [3.05, 3.63) is 0 Å². The van der Waals surface area contributed by atoms with Crippen molar-refractivity contribution in [3.8, 4) is 0 Å². The van der Waals surface area contributed by atoms with Crippen molar-refractivity contribution < 1.29 is 5.11 Å². The second-order valence-corrected chi connectivity index (χ2v) is 5.73. The number of aliphatic hydroxyl groups is 1. The van der Waals surface area contributed by atoms with Crippen LogP contribution in [-0.4, -0.2) is 11.2 Å². The summed E-state index contributed by atoms with van der Waals surface area (Å²) < 4.78 is 0. The third-order valence-corrected chi connectivity index (χ3v) is 3.35. The molecule has 0 rings (SSSR count). The Balaban J connectivity index is 3.38. The van der Waals surface area contributed by atoms with Gasteiger partial charge in [-0.25, -0.2) is 0 Å². The Morgan fingerprint density at radius 2 is 1.44 bits per heavy atom. The summed E-state index contributed by atoms with van der Waals surface area (Å²) >= 11 is 0. The monoisotopic (exact) mass is 228 g/mol. The first-order chi connectivity index (χ1) is 7.57. The highest BCUT2D eigenvalue weighted by Gasteiger charge is 2.14. The van der Waals surface area contributed by atoms with Crippen LogP contribution < -0.4 is 0 Å². The molecular formula is C15H32O. The van der Waals surface area contributed by atoms with Crippen molar-refractivity contribution in [1.82, 2.24) is 0 Å². The summed E-state index contributed by atoms with van der Waals surface area (Å²) in [7, 11) is 0. The van der Waals surface area contributed by atoms with Gasteiger partial charge in [-0.05, 0) is 24.7 Å². The van der Waals surface area contributed by atoms with Gasteiger partial charge in [-0.1, -0.05) is 66.2 Å². The van der Waals surface area contributed by atoms with Gasteiger partial charge in [-0.2, -0.15) is 0 Å². The minimum Gasteiger partial charge on any atom is -0.393 e. The Bertz CT molecular complexity index is 142. The highest BCUT2D eigenvalue weighted by molar-refractivity contribution is 4.66. The van der Waals surface area contributed by atoms with E-state index < -0.39 is 0 Å². The van der Waals surface area contributed by atoms with Crippen LogP contribution in [0.25, 0.3) is 0 Å². The third kappa shape index (κ3) is 9.21. The molecule has 1 nitrogen and oxygen atoms in total. The highest BCUT2D eigenvalue weighted by atomic mass is 16.3. The van der Waals surface area contributed by atoms with E-state index in [1.54, 1.807) is 0 Å². The maximum atomic E-state index is 9.97. The zero-order valence-corrected chi connectivity index (χ0v) is 11.8. The highest BCUT2D eigenvalue weighted by Crippen LogP contribution is 2.19. The van der Waals surface area contributed by atoms with Gasteiger partial charge in [0.25, 0.3) is 0 Å². The van der Waals surface area contributed by atoms with Gasteiger partial charge in [0.05, 0.1) is 6.10 Å². The van der Waals surface area contributed by atoms with E-state index in [4.69, 9.17) is 0 Å². The molecule has 1 heteroatoms. The Morgan fingerprint density at radius 1 is 0.875 bits per heavy atom. The molecule has 0 aliphatic heterocycles. The number of unbranched alkanes of at least 4 members (excludes halogenated alkanes) is 5. The molecule has 2 unspecified atom stereocenters. The lowest BCUT2D eigenvalue weighted by Gasteiger charge is -2.20. The Labute approximate surface area is 103 Å². The van der Waals surface area contributed by atoms with E-state index in [2.05, 4.69) is 27.7 Å². The first-order valence-corrected chi connectivity index (χ1v) is 7.26. The molecule has 2 atom stereocenters. The zero-order chi connectivity index (χ0) is 12.4. The van der Waals surface area contributed by atoms with E-state index in [1.165, 1.54) is 38.5 Å². The predicted molar refractivity (Wildman–Crippen MR) is 72.6 cm³/mol. The maximum absolute atomic E-state index is 9.97. The molecule has 0 bridgehead atoms. The Morgan fingerprint density at radius 3 is 2.00 bits per heavy atom. The summed E-state index contributed by atoms with van der Waals surface area (Å²) in [6, 6.07) is 0. The number of aliphatic hydroxyl groups excluding tert-OH is 1. The second kappa shape index (κ2) is 10.1. The van der Waals surface area contributed by atoms with Crippen molar-refractivity contribution in [1.29, 1.82) is 0 Å². The largest absolute Gasteiger partial charge is 0.393 e. The maximum Gasteiger partial charge on any atom is 0.0565 e. The molecule has 0 aromatic carbocycles. The van der Waals surface area contributed by atoms with Crippen LogP contribution >= 0.6 is 0 Å². The minimum absolute atomic E-state index is 0.0754. The van der Waals surface area contributed by atoms with E-state index in [1.807, 2.05) is 0 Å². The molecule has 0 amide bonds. The number of hydrogen-bond acceptors (Lipinski definition) is 1. The van der Waals surface area contributed by atoms with Gasteiger partial charge in [0, 0.05) is 0 Å². The predicted octanol–water partition coefficient (Wildman–Crippen LogP) is 4.78. The third-order valence-electron chi connectivity index (χ3n) is 3.35. The number of hydrogen-bond donors (Lipinski definition) is 1. The summed E-state index contributed by atoms with van der Waals surface area (Å²) in [4.78, 5) is 0. The van der Waals surface area contributed by atoms with Crippen molar-refractivity contribution in [2.45, 2.75) is 85.2 Å². The number of rotatable bonds is 10. The minimum atomic E-state index is -0.0754. The van der Waals surface area contributed by atoms with E-state index in [0.29, 0.717) is 11.8 Å². The Hall–Kier alpha value is -0.0400. The molecule has 98 valence electrons. The Kier molecular flexibility index (Phi) is 10.1. The van der Waals surface area contributed by atoms with Crippen LogP contribution in [0.4, 0.5) is 0 Å². The van der Waals surface area contributed by atoms with Crippen molar-refractivity contribution in [2.24, 2.45) is 11.8 Å². The summed E-state index contributed by atoms with van der Waals surface area (Å²) in [5.74, 6) is 1.17. The molecule has 0 aliphatic carbocycles. The van der Waals surface area contributed by atoms with Gasteiger partial charge in [0.15, 0.2) is 0 Å². The molecular weight excluding hydrogens is 196 g/mol. The van der Waals surface area contributed by atoms with Crippen LogP contribution in [0.5, 0.6) is 0 Å². The fourth-order valence-corrected chi connectivity index (χ4v) is 2.32. The van der Waals surface area contributed by atoms with Crippen LogP contribution in [0.1, 0.15) is 79.1 Å². The second-order valence-electron chi connectivity index (χ2n) is 5.73. The van der Waals surface area contributed by atoms with E-state index in [9.17, 15) is 5.11 Å². The first kappa shape index (κ1) is 16.0. The van der Waals surface area contributed by atoms with Gasteiger partial charge in [0.2, 0.25) is 0 Å². The topological polar surface area (TPSA) is 20.2 Å². The molecule has 0 fully saturated rings. The lowest BCUT2D eigenvalue weighted by atomic mass is 9.91. The zero-order valence-electron chi connectivity index (χ0n) is 11.8. The van der Waals surface area contributed by atoms with Crippen LogP contribution in [0, 0.1) is 11.8 Å². The van der Waals surface area contributed by atoms with Crippen LogP contribution in [0.2, 0.25) is 0 Å². The molecule has 0 saturated heterocycles. The van der Waals surface area contributed by atoms with Gasteiger partial charge in [0.1, 0.15) is 0 Å². The van der Waals surface area contributed by atoms with Gasteiger partial charge >= 0.3 is 0 Å². The van der Waals surface area contributed by atoms with E-state index in [-0.39, 0.29) is 6.10 Å². The van der Waals surface area contributed by atoms with Crippen molar-refractivity contribution >= 4 is 0 Å². The van der Waals surface area contributed by atoms with Crippen LogP contribution in [-0.2, 0) is 0 Å². The smallest absolute Gasteiger partial charge is 0.0565 e. The standard InChI is InChI=1S/C15H32O/c1-5-6-7-8-9-10-11-15(16)14(4)12-13(2)3/h13-16H,5-12H2,1-4H3. The normalized spacial score (nSPS) is 15.4. The summed E-state index contributed by atoms with van der Waals surface area (Å²) in [5.41, 5.74) is 0. The van der Waals surface area contributed by atoms with Crippen molar-refractivity contribution in [3.63, 3.8) is 0 Å². The molecule has 0 spiro atoms. The molecule has 0 aliphatic rings. The lowest BCUT2D eigenvalue weighted by Crippen LogP contribution is -2.19. The first-order valence-electron chi connectivity index (χ1n) is 7.26. The van der Waals surface area contributed by atoms with Crippen molar-refractivity contribution in [2.75, 3.05) is 0 Å². The van der Waals surface area contributed by atoms with E-state index in [0.717, 1.165) is 12.8 Å². The molecule has 0 saturated carbocycles. The summed E-state index contributed by atoms with van der Waals surface area (Å²) in [5, 5.41) is 9.97. The van der Waals surface area contributed by atoms with Crippen LogP contribution in [0.15, 0.2) is 0 Å². The van der Waals surface area contributed by atoms with E-state index >= 15 is 0 Å². The summed E-state index contributed by atoms with van der Waals surface area (Å²) in [6.07, 6.45) is 9.97. The molecule has 1 N–H and O–H groups in total. The fourth-order valence-electron chi connectivity index (χ4n) is 2.32. The lowest BCUT2D eigenvalue weighted by molar-refractivity contribution is 0.0933. The van der Waals surface area contributed by atoms with Gasteiger partial charge in [-0.3, -0.25) is 0 Å². The quantitative estimate of drug-likeness (QED) is 0.533. The fraction of sp³-hybridized carbons (Fsp3) is 1.00. The molecule has 16 heavy (non-hydrogen) atoms. The molecule has 0 aromatic rings. The average molecular weight is 228 g/mol. The van der Waals surface area contributed by atoms with Gasteiger partial charge in [-0.15, -0.1) is 0 Å². The molecule has 0 heterocycles. The molecule has 0 radical (unpaired) electrons. The average Bonchev–Trinajstić information content (AvgIpc) is 2.21. The van der Waals surface area contributed by atoms with Crippen LogP contribution in [0.3, 0.4) is 0 Å². The SMILES string of the molecule is CCCCCCCCC(O)C(C)CC(C)C. The van der Waals surface area contributed by atoms with Gasteiger partial charge < -0.3 is 5.11 Å². The molecule has 0 aromatic heterocycles.